The van der Waals surface area contributed by atoms with Gasteiger partial charge >= 0.3 is 0 Å². The molecule has 0 amide bonds. The molecular formula is C18H19N7. The lowest BCUT2D eigenvalue weighted by Crippen LogP contribution is -2.46. The highest BCUT2D eigenvalue weighted by Gasteiger charge is 2.28. The van der Waals surface area contributed by atoms with Crippen LogP contribution in [-0.4, -0.2) is 43.1 Å². The molecule has 0 spiro atoms. The first-order valence-electron chi connectivity index (χ1n) is 8.51. The molecule has 7 nitrogen and oxygen atoms in total. The van der Waals surface area contributed by atoms with Gasteiger partial charge in [0.15, 0.2) is 0 Å². The molecule has 1 fully saturated rings. The molecule has 5 rings (SSSR count). The largest absolute Gasteiger partial charge is 0.350 e. The second kappa shape index (κ2) is 5.56. The van der Waals surface area contributed by atoms with Gasteiger partial charge < -0.3 is 15.0 Å². The minimum Gasteiger partial charge on any atom is -0.350 e. The molecule has 0 unspecified atom stereocenters. The molecule has 4 aromatic rings. The van der Waals surface area contributed by atoms with E-state index in [1.807, 2.05) is 40.6 Å². The average molecular weight is 333 g/mol. The fourth-order valence-corrected chi connectivity index (χ4v) is 3.44. The van der Waals surface area contributed by atoms with Crippen LogP contribution in [0.4, 0.5) is 5.95 Å². The van der Waals surface area contributed by atoms with Crippen molar-refractivity contribution in [1.29, 1.82) is 0 Å². The van der Waals surface area contributed by atoms with Crippen molar-refractivity contribution < 1.29 is 0 Å². The number of rotatable bonds is 4. The standard InChI is InChI=1S/C18H19N7/c1-19-13-8-14(9-13)22-18-21-10-16-15(4-6-25(16)23-18)12-2-3-17-20-5-7-24(17)11-12/h2-7,10-11,13-14,19H,8-9H2,1H3,(H,22,23). The number of aromatic nitrogens is 5. The van der Waals surface area contributed by atoms with E-state index in [0.717, 1.165) is 35.1 Å². The van der Waals surface area contributed by atoms with Gasteiger partial charge in [0, 0.05) is 48.0 Å². The van der Waals surface area contributed by atoms with Gasteiger partial charge in [-0.3, -0.25) is 0 Å². The molecule has 0 radical (unpaired) electrons. The zero-order valence-electron chi connectivity index (χ0n) is 13.9. The zero-order chi connectivity index (χ0) is 16.8. The van der Waals surface area contributed by atoms with E-state index in [1.165, 1.54) is 0 Å². The van der Waals surface area contributed by atoms with Crippen LogP contribution in [0, 0.1) is 0 Å². The number of fused-ring (bicyclic) bond motifs is 2. The Labute approximate surface area is 144 Å². The molecule has 25 heavy (non-hydrogen) atoms. The van der Waals surface area contributed by atoms with Gasteiger partial charge in [-0.1, -0.05) is 0 Å². The maximum Gasteiger partial charge on any atom is 0.241 e. The van der Waals surface area contributed by atoms with Crippen molar-refractivity contribution in [2.24, 2.45) is 0 Å². The summed E-state index contributed by atoms with van der Waals surface area (Å²) in [5.41, 5.74) is 4.16. The molecule has 1 aliphatic rings. The minimum atomic E-state index is 0.452. The number of hydrogen-bond acceptors (Lipinski definition) is 5. The molecule has 4 heterocycles. The Hall–Kier alpha value is -2.93. The molecule has 126 valence electrons. The van der Waals surface area contributed by atoms with E-state index < -0.39 is 0 Å². The summed E-state index contributed by atoms with van der Waals surface area (Å²) in [4.78, 5) is 8.80. The molecule has 4 aromatic heterocycles. The Kier molecular flexibility index (Phi) is 3.21. The van der Waals surface area contributed by atoms with Gasteiger partial charge in [0.2, 0.25) is 5.95 Å². The monoisotopic (exact) mass is 333 g/mol. The maximum absolute atomic E-state index is 4.60. The summed E-state index contributed by atoms with van der Waals surface area (Å²) in [7, 11) is 2.01. The Balaban J connectivity index is 1.45. The van der Waals surface area contributed by atoms with Gasteiger partial charge in [0.1, 0.15) is 5.65 Å². The van der Waals surface area contributed by atoms with Crippen molar-refractivity contribution in [3.05, 3.63) is 49.2 Å². The molecule has 0 saturated heterocycles. The summed E-state index contributed by atoms with van der Waals surface area (Å²) < 4.78 is 3.90. The number of nitrogens with zero attached hydrogens (tertiary/aromatic N) is 5. The van der Waals surface area contributed by atoms with Crippen LogP contribution in [0.25, 0.3) is 22.3 Å². The Morgan fingerprint density at radius 2 is 2.00 bits per heavy atom. The number of pyridine rings is 1. The lowest BCUT2D eigenvalue weighted by atomic mass is 9.87. The fraction of sp³-hybridized carbons (Fsp3) is 0.278. The first-order valence-corrected chi connectivity index (χ1v) is 8.51. The summed E-state index contributed by atoms with van der Waals surface area (Å²) in [5.74, 6) is 0.680. The van der Waals surface area contributed by atoms with Crippen molar-refractivity contribution >= 4 is 17.1 Å². The van der Waals surface area contributed by atoms with E-state index in [4.69, 9.17) is 0 Å². The minimum absolute atomic E-state index is 0.452. The van der Waals surface area contributed by atoms with Crippen molar-refractivity contribution in [1.82, 2.24) is 29.3 Å². The quantitative estimate of drug-likeness (QED) is 0.599. The van der Waals surface area contributed by atoms with Crippen LogP contribution in [0.3, 0.4) is 0 Å². The van der Waals surface area contributed by atoms with E-state index in [-0.39, 0.29) is 0 Å². The zero-order valence-corrected chi connectivity index (χ0v) is 13.9. The number of nitrogens with one attached hydrogen (secondary N) is 2. The number of anilines is 1. The van der Waals surface area contributed by atoms with E-state index >= 15 is 0 Å². The average Bonchev–Trinajstić information content (AvgIpc) is 3.23. The van der Waals surface area contributed by atoms with Gasteiger partial charge in [0.05, 0.1) is 11.7 Å². The first kappa shape index (κ1) is 14.4. The van der Waals surface area contributed by atoms with Crippen molar-refractivity contribution in [2.75, 3.05) is 12.4 Å². The second-order valence-corrected chi connectivity index (χ2v) is 6.55. The van der Waals surface area contributed by atoms with E-state index in [1.54, 1.807) is 6.20 Å². The summed E-state index contributed by atoms with van der Waals surface area (Å²) in [5, 5.41) is 11.3. The van der Waals surface area contributed by atoms with Crippen molar-refractivity contribution in [2.45, 2.75) is 24.9 Å². The third kappa shape index (κ3) is 2.44. The SMILES string of the molecule is CNC1CC(Nc2ncc3c(-c4ccc5nccn5c4)ccn3n2)C1. The lowest BCUT2D eigenvalue weighted by molar-refractivity contribution is 0.325. The molecule has 0 atom stereocenters. The smallest absolute Gasteiger partial charge is 0.241 e. The molecule has 2 N–H and O–H groups in total. The Bertz CT molecular complexity index is 1040. The van der Waals surface area contributed by atoms with Gasteiger partial charge in [0.25, 0.3) is 0 Å². The van der Waals surface area contributed by atoms with Crippen LogP contribution >= 0.6 is 0 Å². The molecule has 1 saturated carbocycles. The van der Waals surface area contributed by atoms with Gasteiger partial charge in [-0.05, 0) is 38.1 Å². The summed E-state index contributed by atoms with van der Waals surface area (Å²) in [6.45, 7) is 0. The fourth-order valence-electron chi connectivity index (χ4n) is 3.44. The summed E-state index contributed by atoms with van der Waals surface area (Å²) >= 11 is 0. The maximum atomic E-state index is 4.60. The van der Waals surface area contributed by atoms with Gasteiger partial charge in [-0.2, -0.15) is 0 Å². The Morgan fingerprint density at radius 1 is 1.08 bits per heavy atom. The van der Waals surface area contributed by atoms with E-state index in [0.29, 0.717) is 18.0 Å². The number of imidazole rings is 1. The first-order chi connectivity index (χ1) is 12.3. The van der Waals surface area contributed by atoms with Crippen LogP contribution in [0.2, 0.25) is 0 Å². The van der Waals surface area contributed by atoms with E-state index in [2.05, 4.69) is 44.0 Å². The third-order valence-corrected chi connectivity index (χ3v) is 5.00. The van der Waals surface area contributed by atoms with Gasteiger partial charge in [-0.25, -0.2) is 14.5 Å². The highest BCUT2D eigenvalue weighted by molar-refractivity contribution is 5.80. The van der Waals surface area contributed by atoms with Crippen molar-refractivity contribution in [3.63, 3.8) is 0 Å². The van der Waals surface area contributed by atoms with Crippen LogP contribution in [0.1, 0.15) is 12.8 Å². The Morgan fingerprint density at radius 3 is 2.88 bits per heavy atom. The predicted molar refractivity (Wildman–Crippen MR) is 96.7 cm³/mol. The lowest BCUT2D eigenvalue weighted by Gasteiger charge is -2.35. The molecule has 7 heteroatoms. The normalized spacial score (nSPS) is 20.0. The molecule has 0 aromatic carbocycles. The predicted octanol–water partition coefficient (Wildman–Crippen LogP) is 2.21. The molecule has 0 bridgehead atoms. The molecular weight excluding hydrogens is 314 g/mol. The number of hydrogen-bond donors (Lipinski definition) is 2. The van der Waals surface area contributed by atoms with Crippen LogP contribution in [0.15, 0.2) is 49.2 Å². The van der Waals surface area contributed by atoms with Gasteiger partial charge in [-0.15, -0.1) is 5.10 Å². The molecule has 1 aliphatic carbocycles. The topological polar surface area (TPSA) is 71.5 Å². The van der Waals surface area contributed by atoms with Crippen LogP contribution in [0.5, 0.6) is 0 Å². The van der Waals surface area contributed by atoms with Crippen molar-refractivity contribution in [3.8, 4) is 11.1 Å². The molecule has 0 aliphatic heterocycles. The van der Waals surface area contributed by atoms with Crippen LogP contribution in [-0.2, 0) is 0 Å². The summed E-state index contributed by atoms with van der Waals surface area (Å²) in [6.07, 6.45) is 11.9. The van der Waals surface area contributed by atoms with E-state index in [9.17, 15) is 0 Å². The second-order valence-electron chi connectivity index (χ2n) is 6.55. The highest BCUT2D eigenvalue weighted by atomic mass is 15.3. The highest BCUT2D eigenvalue weighted by Crippen LogP contribution is 2.26. The third-order valence-electron chi connectivity index (χ3n) is 5.00. The summed E-state index contributed by atoms with van der Waals surface area (Å²) in [6, 6.07) is 7.23. The van der Waals surface area contributed by atoms with Crippen LogP contribution < -0.4 is 10.6 Å².